The van der Waals surface area contributed by atoms with Crippen LogP contribution in [0.3, 0.4) is 0 Å². The lowest BCUT2D eigenvalue weighted by Crippen LogP contribution is -2.52. The number of hydrogen-bond acceptors (Lipinski definition) is 7. The van der Waals surface area contributed by atoms with Crippen LogP contribution in [0.1, 0.15) is 31.8 Å². The topological polar surface area (TPSA) is 87.6 Å². The van der Waals surface area contributed by atoms with Crippen LogP contribution in [0.2, 0.25) is 0 Å². The molecule has 0 aliphatic carbocycles. The van der Waals surface area contributed by atoms with Gasteiger partial charge in [0.25, 0.3) is 0 Å². The average Bonchev–Trinajstić information content (AvgIpc) is 3.38. The van der Waals surface area contributed by atoms with Crippen LogP contribution in [-0.4, -0.2) is 81.7 Å². The van der Waals surface area contributed by atoms with Crippen LogP contribution in [0, 0.1) is 5.92 Å². The molecule has 166 valence electrons. The SMILES string of the molecule is CN=C(NCCCc1nnc(SC)n1CC(C)C)N1CCN(Cc2ccon2)CC1. The first-order chi connectivity index (χ1) is 14.6. The van der Waals surface area contributed by atoms with Crippen LogP contribution >= 0.6 is 11.8 Å². The Labute approximate surface area is 183 Å². The van der Waals surface area contributed by atoms with E-state index >= 15 is 0 Å². The van der Waals surface area contributed by atoms with Crippen LogP contribution in [0.4, 0.5) is 0 Å². The summed E-state index contributed by atoms with van der Waals surface area (Å²) in [6, 6.07) is 1.93. The fraction of sp³-hybridized carbons (Fsp3) is 0.700. The molecule has 0 aromatic carbocycles. The molecule has 0 amide bonds. The van der Waals surface area contributed by atoms with Gasteiger partial charge in [0.05, 0.1) is 5.69 Å². The molecule has 10 heteroatoms. The van der Waals surface area contributed by atoms with Crippen molar-refractivity contribution in [1.82, 2.24) is 35.0 Å². The Bertz CT molecular complexity index is 781. The van der Waals surface area contributed by atoms with Gasteiger partial charge in [-0.3, -0.25) is 9.89 Å². The normalized spacial score (nSPS) is 15.9. The van der Waals surface area contributed by atoms with Crippen molar-refractivity contribution in [2.45, 2.75) is 44.9 Å². The van der Waals surface area contributed by atoms with E-state index in [0.29, 0.717) is 5.92 Å². The fourth-order valence-electron chi connectivity index (χ4n) is 3.65. The van der Waals surface area contributed by atoms with Gasteiger partial charge in [0, 0.05) is 65.3 Å². The summed E-state index contributed by atoms with van der Waals surface area (Å²) in [5, 5.41) is 17.3. The second-order valence-corrected chi connectivity index (χ2v) is 8.71. The van der Waals surface area contributed by atoms with Crippen molar-refractivity contribution in [2.24, 2.45) is 10.9 Å². The minimum atomic E-state index is 0.575. The van der Waals surface area contributed by atoms with Crippen molar-refractivity contribution < 1.29 is 4.52 Å². The van der Waals surface area contributed by atoms with E-state index in [1.807, 2.05) is 13.1 Å². The summed E-state index contributed by atoms with van der Waals surface area (Å²) >= 11 is 1.66. The fourth-order valence-corrected chi connectivity index (χ4v) is 4.17. The first kappa shape index (κ1) is 22.6. The van der Waals surface area contributed by atoms with Crippen LogP contribution in [0.5, 0.6) is 0 Å². The average molecular weight is 435 g/mol. The molecule has 0 bridgehead atoms. The molecule has 2 aromatic heterocycles. The maximum atomic E-state index is 4.93. The first-order valence-corrected chi connectivity index (χ1v) is 11.9. The number of aliphatic imine (C=N–C) groups is 1. The van der Waals surface area contributed by atoms with Gasteiger partial charge in [0.15, 0.2) is 11.1 Å². The molecule has 0 radical (unpaired) electrons. The van der Waals surface area contributed by atoms with Crippen molar-refractivity contribution in [3.63, 3.8) is 0 Å². The number of thioether (sulfide) groups is 1. The lowest BCUT2D eigenvalue weighted by molar-refractivity contribution is 0.169. The number of nitrogens with one attached hydrogen (secondary N) is 1. The van der Waals surface area contributed by atoms with Gasteiger partial charge in [-0.2, -0.15) is 0 Å². The molecule has 3 heterocycles. The Kier molecular flexibility index (Phi) is 8.56. The highest BCUT2D eigenvalue weighted by atomic mass is 32.2. The molecule has 0 unspecified atom stereocenters. The molecule has 0 atom stereocenters. The van der Waals surface area contributed by atoms with E-state index in [9.17, 15) is 0 Å². The summed E-state index contributed by atoms with van der Waals surface area (Å²) < 4.78 is 7.19. The zero-order valence-corrected chi connectivity index (χ0v) is 19.4. The molecular formula is C20H34N8OS. The van der Waals surface area contributed by atoms with E-state index < -0.39 is 0 Å². The van der Waals surface area contributed by atoms with Crippen LogP contribution in [-0.2, 0) is 19.5 Å². The van der Waals surface area contributed by atoms with Gasteiger partial charge in [0.2, 0.25) is 0 Å². The standard InChI is InChI=1S/C20H34N8OS/c1-16(2)14-28-18(23-24-20(28)30-4)6-5-8-22-19(21-3)27-11-9-26(10-12-27)15-17-7-13-29-25-17/h7,13,16H,5-6,8-12,14-15H2,1-4H3,(H,21,22). The predicted molar refractivity (Wildman–Crippen MR) is 120 cm³/mol. The molecule has 9 nitrogen and oxygen atoms in total. The van der Waals surface area contributed by atoms with E-state index in [1.165, 1.54) is 0 Å². The zero-order valence-electron chi connectivity index (χ0n) is 18.5. The highest BCUT2D eigenvalue weighted by Gasteiger charge is 2.20. The highest BCUT2D eigenvalue weighted by molar-refractivity contribution is 7.98. The van der Waals surface area contributed by atoms with E-state index in [0.717, 1.165) is 81.3 Å². The number of rotatable bonds is 9. The number of hydrogen-bond donors (Lipinski definition) is 1. The molecule has 2 aromatic rings. The number of aromatic nitrogens is 4. The van der Waals surface area contributed by atoms with Gasteiger partial charge in [-0.1, -0.05) is 30.8 Å². The van der Waals surface area contributed by atoms with Crippen molar-refractivity contribution >= 4 is 17.7 Å². The number of nitrogens with zero attached hydrogens (tertiary/aromatic N) is 7. The number of aryl methyl sites for hydroxylation is 1. The number of piperazine rings is 1. The van der Waals surface area contributed by atoms with E-state index in [4.69, 9.17) is 4.52 Å². The molecule has 0 spiro atoms. The Balaban J connectivity index is 1.42. The van der Waals surface area contributed by atoms with Gasteiger partial charge >= 0.3 is 0 Å². The molecule has 30 heavy (non-hydrogen) atoms. The Morgan fingerprint density at radius 1 is 1.27 bits per heavy atom. The molecule has 0 saturated carbocycles. The minimum absolute atomic E-state index is 0.575. The Morgan fingerprint density at radius 2 is 2.07 bits per heavy atom. The first-order valence-electron chi connectivity index (χ1n) is 10.6. The third kappa shape index (κ3) is 6.21. The van der Waals surface area contributed by atoms with Crippen molar-refractivity contribution in [3.05, 3.63) is 23.8 Å². The highest BCUT2D eigenvalue weighted by Crippen LogP contribution is 2.16. The van der Waals surface area contributed by atoms with Crippen molar-refractivity contribution in [1.29, 1.82) is 0 Å². The molecule has 1 N–H and O–H groups in total. The van der Waals surface area contributed by atoms with Crippen molar-refractivity contribution in [2.75, 3.05) is 46.0 Å². The van der Waals surface area contributed by atoms with Crippen LogP contribution in [0.15, 0.2) is 27.0 Å². The molecule has 1 fully saturated rings. The summed E-state index contributed by atoms with van der Waals surface area (Å²) in [6.45, 7) is 11.0. The molecule has 1 aliphatic rings. The summed E-state index contributed by atoms with van der Waals surface area (Å²) in [7, 11) is 1.86. The van der Waals surface area contributed by atoms with Crippen molar-refractivity contribution in [3.8, 4) is 0 Å². The summed E-state index contributed by atoms with van der Waals surface area (Å²) in [5.41, 5.74) is 0.987. The van der Waals surface area contributed by atoms with Gasteiger partial charge in [0.1, 0.15) is 12.1 Å². The molecule has 3 rings (SSSR count). The van der Waals surface area contributed by atoms with E-state index in [-0.39, 0.29) is 0 Å². The monoisotopic (exact) mass is 434 g/mol. The lowest BCUT2D eigenvalue weighted by atomic mass is 10.2. The number of guanidine groups is 1. The van der Waals surface area contributed by atoms with Gasteiger partial charge in [-0.05, 0) is 18.6 Å². The quantitative estimate of drug-likeness (QED) is 0.277. The van der Waals surface area contributed by atoms with Crippen LogP contribution in [0.25, 0.3) is 0 Å². The lowest BCUT2D eigenvalue weighted by Gasteiger charge is -2.36. The Morgan fingerprint density at radius 3 is 2.70 bits per heavy atom. The molecule has 1 aliphatic heterocycles. The summed E-state index contributed by atoms with van der Waals surface area (Å²) in [6.07, 6.45) is 5.59. The van der Waals surface area contributed by atoms with Gasteiger partial charge < -0.3 is 19.3 Å². The maximum Gasteiger partial charge on any atom is 0.193 e. The third-order valence-electron chi connectivity index (χ3n) is 5.14. The van der Waals surface area contributed by atoms with Gasteiger partial charge in [-0.15, -0.1) is 10.2 Å². The minimum Gasteiger partial charge on any atom is -0.364 e. The predicted octanol–water partition coefficient (Wildman–Crippen LogP) is 1.97. The molecule has 1 saturated heterocycles. The summed E-state index contributed by atoms with van der Waals surface area (Å²) in [5.74, 6) is 2.63. The second-order valence-electron chi connectivity index (χ2n) is 7.94. The Hall–Kier alpha value is -2.07. The molecular weight excluding hydrogens is 400 g/mol. The second kappa shape index (κ2) is 11.4. The van der Waals surface area contributed by atoms with Crippen LogP contribution < -0.4 is 5.32 Å². The van der Waals surface area contributed by atoms with E-state index in [1.54, 1.807) is 18.0 Å². The maximum absolute atomic E-state index is 4.93. The largest absolute Gasteiger partial charge is 0.364 e. The smallest absolute Gasteiger partial charge is 0.193 e. The van der Waals surface area contributed by atoms with E-state index in [2.05, 4.69) is 60.1 Å². The summed E-state index contributed by atoms with van der Waals surface area (Å²) in [4.78, 5) is 9.20. The van der Waals surface area contributed by atoms with Gasteiger partial charge in [-0.25, -0.2) is 0 Å². The third-order valence-corrected chi connectivity index (χ3v) is 5.81. The zero-order chi connectivity index (χ0) is 21.3.